The fourth-order valence-corrected chi connectivity index (χ4v) is 1.64. The quantitative estimate of drug-likeness (QED) is 0.724. The molecule has 0 spiro atoms. The Kier molecular flexibility index (Phi) is 3.50. The highest BCUT2D eigenvalue weighted by molar-refractivity contribution is 5.78. The van der Waals surface area contributed by atoms with E-state index in [1.807, 2.05) is 0 Å². The Morgan fingerprint density at radius 2 is 2.06 bits per heavy atom. The van der Waals surface area contributed by atoms with Gasteiger partial charge in [0.1, 0.15) is 5.60 Å². The zero-order valence-corrected chi connectivity index (χ0v) is 10.6. The van der Waals surface area contributed by atoms with Crippen molar-refractivity contribution in [2.45, 2.75) is 45.8 Å². The van der Waals surface area contributed by atoms with Gasteiger partial charge in [-0.1, -0.05) is 12.2 Å². The predicted octanol–water partition coefficient (Wildman–Crippen LogP) is 1.93. The lowest BCUT2D eigenvalue weighted by Crippen LogP contribution is -2.39. The summed E-state index contributed by atoms with van der Waals surface area (Å²) in [5.74, 6) is -0.887. The Morgan fingerprint density at radius 3 is 2.47 bits per heavy atom. The number of carbonyl (C=O) groups excluding carboxylic acids is 1. The molecule has 0 bridgehead atoms. The minimum atomic E-state index is -0.903. The average molecular weight is 241 g/mol. The van der Waals surface area contributed by atoms with Gasteiger partial charge in [-0.2, -0.15) is 0 Å². The first-order chi connectivity index (χ1) is 7.62. The molecule has 0 aromatic carbocycles. The zero-order valence-electron chi connectivity index (χ0n) is 10.6. The van der Waals surface area contributed by atoms with E-state index in [4.69, 9.17) is 9.84 Å². The molecule has 1 aliphatic carbocycles. The summed E-state index contributed by atoms with van der Waals surface area (Å²) in [7, 11) is 0. The molecule has 0 saturated heterocycles. The van der Waals surface area contributed by atoms with Crippen molar-refractivity contribution in [3.05, 3.63) is 12.2 Å². The first kappa shape index (κ1) is 13.5. The van der Waals surface area contributed by atoms with E-state index in [-0.39, 0.29) is 6.04 Å². The smallest absolute Gasteiger partial charge is 0.408 e. The second-order valence-corrected chi connectivity index (χ2v) is 5.54. The van der Waals surface area contributed by atoms with Gasteiger partial charge in [-0.3, -0.25) is 4.79 Å². The van der Waals surface area contributed by atoms with Gasteiger partial charge in [0.25, 0.3) is 0 Å². The van der Waals surface area contributed by atoms with E-state index in [0.717, 1.165) is 0 Å². The number of hydrogen-bond donors (Lipinski definition) is 2. The topological polar surface area (TPSA) is 75.6 Å². The number of carbonyl (C=O) groups is 2. The van der Waals surface area contributed by atoms with Gasteiger partial charge in [0.05, 0.1) is 11.5 Å². The average Bonchev–Trinajstić information content (AvgIpc) is 2.45. The maximum atomic E-state index is 11.5. The highest BCUT2D eigenvalue weighted by atomic mass is 16.6. The Hall–Kier alpha value is -1.52. The van der Waals surface area contributed by atoms with E-state index in [2.05, 4.69) is 5.32 Å². The van der Waals surface area contributed by atoms with Gasteiger partial charge in [-0.05, 0) is 34.1 Å². The van der Waals surface area contributed by atoms with Crippen molar-refractivity contribution >= 4 is 12.1 Å². The number of nitrogens with one attached hydrogen (secondary N) is 1. The number of carboxylic acid groups (broad SMARTS) is 1. The van der Waals surface area contributed by atoms with Crippen molar-refractivity contribution in [1.29, 1.82) is 0 Å². The van der Waals surface area contributed by atoms with Gasteiger partial charge in [0.2, 0.25) is 0 Å². The summed E-state index contributed by atoms with van der Waals surface area (Å²) in [6.07, 6.45) is 3.12. The third-order valence-electron chi connectivity index (χ3n) is 2.53. The maximum absolute atomic E-state index is 11.5. The molecule has 0 fully saturated rings. The van der Waals surface area contributed by atoms with E-state index in [1.165, 1.54) is 0 Å². The summed E-state index contributed by atoms with van der Waals surface area (Å²) in [4.78, 5) is 22.5. The number of carboxylic acids is 1. The molecule has 1 rings (SSSR count). The van der Waals surface area contributed by atoms with Crippen molar-refractivity contribution in [1.82, 2.24) is 5.32 Å². The number of alkyl carbamates (subject to hydrolysis) is 1. The zero-order chi connectivity index (χ0) is 13.3. The van der Waals surface area contributed by atoms with Gasteiger partial charge in [-0.25, -0.2) is 4.79 Å². The molecule has 0 radical (unpaired) electrons. The number of amides is 1. The molecule has 0 saturated carbocycles. The molecular weight excluding hydrogens is 222 g/mol. The first-order valence-corrected chi connectivity index (χ1v) is 5.55. The van der Waals surface area contributed by atoms with Crippen LogP contribution in [0.3, 0.4) is 0 Å². The number of rotatable bonds is 2. The number of hydrogen-bond acceptors (Lipinski definition) is 3. The standard InChI is InChI=1S/C12H19NO4/c1-11(2,3)17-10(16)13-8-5-6-12(4,7-8)9(14)15/h5-6,8H,7H2,1-4H3,(H,13,16)(H,14,15). The lowest BCUT2D eigenvalue weighted by Gasteiger charge is -2.22. The number of ether oxygens (including phenoxy) is 1. The third kappa shape index (κ3) is 3.76. The van der Waals surface area contributed by atoms with E-state index >= 15 is 0 Å². The van der Waals surface area contributed by atoms with Gasteiger partial charge in [0.15, 0.2) is 0 Å². The summed E-state index contributed by atoms with van der Waals surface area (Å²) < 4.78 is 5.10. The normalized spacial score (nSPS) is 27.9. The molecule has 1 aliphatic rings. The molecule has 1 amide bonds. The summed E-state index contributed by atoms with van der Waals surface area (Å²) in [6, 6.07) is -0.286. The molecule has 0 aromatic heterocycles. The van der Waals surface area contributed by atoms with Crippen LogP contribution in [0.1, 0.15) is 34.1 Å². The van der Waals surface area contributed by atoms with Gasteiger partial charge < -0.3 is 15.2 Å². The van der Waals surface area contributed by atoms with Crippen LogP contribution in [-0.4, -0.2) is 28.8 Å². The van der Waals surface area contributed by atoms with Crippen LogP contribution < -0.4 is 5.32 Å². The largest absolute Gasteiger partial charge is 0.481 e. The second-order valence-electron chi connectivity index (χ2n) is 5.54. The monoisotopic (exact) mass is 241 g/mol. The van der Waals surface area contributed by atoms with Crippen LogP contribution in [0.15, 0.2) is 12.2 Å². The van der Waals surface area contributed by atoms with E-state index < -0.39 is 23.1 Å². The molecule has 2 unspecified atom stereocenters. The van der Waals surface area contributed by atoms with Crippen LogP contribution >= 0.6 is 0 Å². The molecule has 0 aromatic rings. The van der Waals surface area contributed by atoms with Gasteiger partial charge >= 0.3 is 12.1 Å². The molecular formula is C12H19NO4. The van der Waals surface area contributed by atoms with E-state index in [0.29, 0.717) is 6.42 Å². The van der Waals surface area contributed by atoms with Crippen LogP contribution in [0, 0.1) is 5.41 Å². The Labute approximate surface area is 101 Å². The van der Waals surface area contributed by atoms with Crippen LogP contribution in [0.4, 0.5) is 4.79 Å². The van der Waals surface area contributed by atoms with Crippen molar-refractivity contribution in [2.24, 2.45) is 5.41 Å². The molecule has 5 nitrogen and oxygen atoms in total. The highest BCUT2D eigenvalue weighted by Crippen LogP contribution is 2.31. The number of aliphatic carboxylic acids is 1. The van der Waals surface area contributed by atoms with Crippen LogP contribution in [0.25, 0.3) is 0 Å². The van der Waals surface area contributed by atoms with Crippen molar-refractivity contribution < 1.29 is 19.4 Å². The Bertz CT molecular complexity index is 356. The minimum Gasteiger partial charge on any atom is -0.481 e. The fourth-order valence-electron chi connectivity index (χ4n) is 1.64. The summed E-state index contributed by atoms with van der Waals surface area (Å²) in [6.45, 7) is 6.96. The van der Waals surface area contributed by atoms with Crippen LogP contribution in [-0.2, 0) is 9.53 Å². The molecule has 17 heavy (non-hydrogen) atoms. The third-order valence-corrected chi connectivity index (χ3v) is 2.53. The van der Waals surface area contributed by atoms with Gasteiger partial charge in [0, 0.05) is 0 Å². The Morgan fingerprint density at radius 1 is 1.47 bits per heavy atom. The van der Waals surface area contributed by atoms with Crippen molar-refractivity contribution in [2.75, 3.05) is 0 Å². The van der Waals surface area contributed by atoms with Crippen molar-refractivity contribution in [3.8, 4) is 0 Å². The summed E-state index contributed by atoms with van der Waals surface area (Å²) in [5.41, 5.74) is -1.46. The molecule has 0 aliphatic heterocycles. The van der Waals surface area contributed by atoms with Gasteiger partial charge in [-0.15, -0.1) is 0 Å². The molecule has 96 valence electrons. The fraction of sp³-hybridized carbons (Fsp3) is 0.667. The highest BCUT2D eigenvalue weighted by Gasteiger charge is 2.37. The summed E-state index contributed by atoms with van der Waals surface area (Å²) in [5, 5.41) is 11.6. The second kappa shape index (κ2) is 4.39. The minimum absolute atomic E-state index is 0.286. The molecule has 2 N–H and O–H groups in total. The maximum Gasteiger partial charge on any atom is 0.408 e. The van der Waals surface area contributed by atoms with Crippen LogP contribution in [0.5, 0.6) is 0 Å². The molecule has 2 atom stereocenters. The van der Waals surface area contributed by atoms with Crippen molar-refractivity contribution in [3.63, 3.8) is 0 Å². The lowest BCUT2D eigenvalue weighted by atomic mass is 9.90. The molecule has 0 heterocycles. The van der Waals surface area contributed by atoms with Crippen LogP contribution in [0.2, 0.25) is 0 Å². The SMILES string of the molecule is CC(C)(C)OC(=O)NC1C=CC(C)(C(=O)O)C1. The summed E-state index contributed by atoms with van der Waals surface area (Å²) >= 11 is 0. The molecule has 5 heteroatoms. The first-order valence-electron chi connectivity index (χ1n) is 5.55. The Balaban J connectivity index is 2.50. The van der Waals surface area contributed by atoms with E-state index in [9.17, 15) is 9.59 Å². The van der Waals surface area contributed by atoms with E-state index in [1.54, 1.807) is 39.8 Å². The lowest BCUT2D eigenvalue weighted by molar-refractivity contribution is -0.145. The predicted molar refractivity (Wildman–Crippen MR) is 62.7 cm³/mol.